The van der Waals surface area contributed by atoms with Gasteiger partial charge in [0.2, 0.25) is 0 Å². The van der Waals surface area contributed by atoms with Gasteiger partial charge < -0.3 is 19.0 Å². The quantitative estimate of drug-likeness (QED) is 0.164. The number of benzene rings is 3. The van der Waals surface area contributed by atoms with Gasteiger partial charge in [-0.15, -0.1) is 0 Å². The number of hydrogen-bond donors (Lipinski definition) is 1. The molecule has 32 heavy (non-hydrogen) atoms. The molecule has 3 aromatic carbocycles. The highest BCUT2D eigenvalue weighted by atomic mass is 16.5. The molecule has 0 fully saturated rings. The van der Waals surface area contributed by atoms with Gasteiger partial charge in [-0.3, -0.25) is 9.59 Å². The van der Waals surface area contributed by atoms with Crippen molar-refractivity contribution >= 4 is 33.5 Å². The van der Waals surface area contributed by atoms with Crippen LogP contribution in [-0.2, 0) is 11.2 Å². The molecule has 0 atom stereocenters. The van der Waals surface area contributed by atoms with Gasteiger partial charge in [0.25, 0.3) is 0 Å². The van der Waals surface area contributed by atoms with Gasteiger partial charge in [0, 0.05) is 35.2 Å². The summed E-state index contributed by atoms with van der Waals surface area (Å²) in [5.41, 5.74) is 1.21. The van der Waals surface area contributed by atoms with Crippen molar-refractivity contribution in [1.29, 1.82) is 0 Å². The highest BCUT2D eigenvalue weighted by molar-refractivity contribution is 6.08. The molecule has 0 amide bonds. The second kappa shape index (κ2) is 8.19. The number of phenolic OH excluding ortho intramolecular Hbond substituents is 1. The molecule has 1 heterocycles. The maximum atomic E-state index is 12.7. The predicted molar refractivity (Wildman–Crippen MR) is 119 cm³/mol. The van der Waals surface area contributed by atoms with E-state index in [2.05, 4.69) is 0 Å². The summed E-state index contributed by atoms with van der Waals surface area (Å²) >= 11 is 0. The molecule has 1 N–H and O–H groups in total. The number of carbonyl (C=O) groups excluding carboxylic acids is 2. The maximum Gasteiger partial charge on any atom is 0.344 e. The molecule has 7 nitrogen and oxygen atoms in total. The zero-order valence-electron chi connectivity index (χ0n) is 17.7. The lowest BCUT2D eigenvalue weighted by Gasteiger charge is -2.14. The molecule has 0 saturated carbocycles. The lowest BCUT2D eigenvalue weighted by molar-refractivity contribution is -0.131. The zero-order valence-corrected chi connectivity index (χ0v) is 17.7. The molecule has 7 heteroatoms. The number of phenols is 1. The van der Waals surface area contributed by atoms with E-state index in [0.717, 1.165) is 5.56 Å². The van der Waals surface area contributed by atoms with Gasteiger partial charge in [0.15, 0.2) is 17.3 Å². The van der Waals surface area contributed by atoms with E-state index < -0.39 is 11.6 Å². The molecule has 0 spiro atoms. The van der Waals surface area contributed by atoms with Crippen molar-refractivity contribution in [3.05, 3.63) is 75.6 Å². The predicted octanol–water partition coefficient (Wildman–Crippen LogP) is 4.38. The summed E-state index contributed by atoms with van der Waals surface area (Å²) < 4.78 is 16.0. The lowest BCUT2D eigenvalue weighted by Crippen LogP contribution is -2.04. The van der Waals surface area contributed by atoms with Gasteiger partial charge in [-0.25, -0.2) is 4.79 Å². The Morgan fingerprint density at radius 3 is 2.31 bits per heavy atom. The van der Waals surface area contributed by atoms with Gasteiger partial charge in [0.1, 0.15) is 11.3 Å². The minimum Gasteiger partial charge on any atom is -0.504 e. The maximum absolute atomic E-state index is 12.7. The first kappa shape index (κ1) is 21.1. The van der Waals surface area contributed by atoms with Crippen molar-refractivity contribution in [1.82, 2.24) is 0 Å². The number of aromatic hydroxyl groups is 1. The fourth-order valence-electron chi connectivity index (χ4n) is 3.68. The topological polar surface area (TPSA) is 103 Å². The fraction of sp³-hybridized carbons (Fsp3) is 0.160. The van der Waals surface area contributed by atoms with Crippen molar-refractivity contribution in [3.63, 3.8) is 0 Å². The minimum absolute atomic E-state index is 0.132. The van der Waals surface area contributed by atoms with Crippen LogP contribution >= 0.6 is 0 Å². The summed E-state index contributed by atoms with van der Waals surface area (Å²) in [6, 6.07) is 13.3. The summed E-state index contributed by atoms with van der Waals surface area (Å²) in [5, 5.41) is 12.2. The minimum atomic E-state index is -0.605. The van der Waals surface area contributed by atoms with Crippen LogP contribution in [0.5, 0.6) is 17.2 Å². The molecular formula is C25H20O7. The Kier molecular flexibility index (Phi) is 5.40. The van der Waals surface area contributed by atoms with Gasteiger partial charge in [-0.1, -0.05) is 24.3 Å². The molecule has 0 radical (unpaired) electrons. The average Bonchev–Trinajstić information content (AvgIpc) is 2.76. The fourth-order valence-corrected chi connectivity index (χ4v) is 3.68. The van der Waals surface area contributed by atoms with E-state index in [0.29, 0.717) is 27.6 Å². The molecule has 0 aliphatic carbocycles. The van der Waals surface area contributed by atoms with Gasteiger partial charge in [-0.2, -0.15) is 0 Å². The van der Waals surface area contributed by atoms with Crippen molar-refractivity contribution < 1.29 is 28.6 Å². The second-order valence-corrected chi connectivity index (χ2v) is 7.40. The van der Waals surface area contributed by atoms with Gasteiger partial charge in [0.05, 0.1) is 12.5 Å². The zero-order chi connectivity index (χ0) is 23.0. The van der Waals surface area contributed by atoms with Crippen LogP contribution in [0.3, 0.4) is 0 Å². The SMILES string of the molecule is COc1cc2c(oc(=O)c3cc(C(C)=O)ccc32)c(Cc2ccc(OC(C)=O)cc2)c1O. The van der Waals surface area contributed by atoms with Gasteiger partial charge >= 0.3 is 11.6 Å². The third kappa shape index (κ3) is 3.80. The van der Waals surface area contributed by atoms with Crippen molar-refractivity contribution in [2.45, 2.75) is 20.3 Å². The average molecular weight is 432 g/mol. The molecular weight excluding hydrogens is 412 g/mol. The van der Waals surface area contributed by atoms with Crippen LogP contribution in [0.4, 0.5) is 0 Å². The number of rotatable bonds is 5. The van der Waals surface area contributed by atoms with Crippen molar-refractivity contribution in [2.24, 2.45) is 0 Å². The lowest BCUT2D eigenvalue weighted by atomic mass is 9.97. The van der Waals surface area contributed by atoms with Crippen molar-refractivity contribution in [2.75, 3.05) is 7.11 Å². The first-order valence-corrected chi connectivity index (χ1v) is 9.86. The Hall–Kier alpha value is -4.13. The standard InChI is InChI=1S/C25H20O7/c1-13(26)16-6-9-18-19-12-22(30-3)23(28)21(24(19)32-25(29)20(18)11-16)10-15-4-7-17(8-5-15)31-14(2)27/h4-9,11-12,28H,10H2,1-3H3. The van der Waals surface area contributed by atoms with E-state index in [4.69, 9.17) is 13.9 Å². The Morgan fingerprint density at radius 1 is 0.969 bits per heavy atom. The van der Waals surface area contributed by atoms with Crippen LogP contribution in [-0.4, -0.2) is 24.0 Å². The highest BCUT2D eigenvalue weighted by Crippen LogP contribution is 2.40. The summed E-state index contributed by atoms with van der Waals surface area (Å²) in [7, 11) is 1.44. The van der Waals surface area contributed by atoms with Crippen LogP contribution in [0.25, 0.3) is 21.7 Å². The summed E-state index contributed by atoms with van der Waals surface area (Å²) in [5.74, 6) is -0.0788. The molecule has 4 aromatic rings. The number of methoxy groups -OCH3 is 1. The van der Waals surface area contributed by atoms with Crippen LogP contribution in [0, 0.1) is 0 Å². The van der Waals surface area contributed by atoms with E-state index in [1.807, 2.05) is 0 Å². The monoisotopic (exact) mass is 432 g/mol. The summed E-state index contributed by atoms with van der Waals surface area (Å²) in [6.45, 7) is 2.75. The number of esters is 1. The van der Waals surface area contributed by atoms with Crippen molar-refractivity contribution in [3.8, 4) is 17.2 Å². The normalized spacial score (nSPS) is 11.0. The molecule has 0 aliphatic rings. The van der Waals surface area contributed by atoms with Gasteiger partial charge in [-0.05, 0) is 36.8 Å². The molecule has 0 unspecified atom stereocenters. The second-order valence-electron chi connectivity index (χ2n) is 7.40. The smallest absolute Gasteiger partial charge is 0.344 e. The largest absolute Gasteiger partial charge is 0.504 e. The van der Waals surface area contributed by atoms with E-state index in [1.165, 1.54) is 27.0 Å². The number of Topliss-reactive ketones (excluding diaryl/α,β-unsaturated/α-hetero) is 1. The van der Waals surface area contributed by atoms with E-state index in [-0.39, 0.29) is 34.7 Å². The highest BCUT2D eigenvalue weighted by Gasteiger charge is 2.20. The number of ether oxygens (including phenoxy) is 2. The number of ketones is 1. The molecule has 0 saturated heterocycles. The van der Waals surface area contributed by atoms with E-state index >= 15 is 0 Å². The number of hydrogen-bond acceptors (Lipinski definition) is 7. The Labute approximate surface area is 182 Å². The molecule has 1 aromatic heterocycles. The first-order chi connectivity index (χ1) is 15.3. The summed E-state index contributed by atoms with van der Waals surface area (Å²) in [6.07, 6.45) is 0.236. The number of carbonyl (C=O) groups is 2. The summed E-state index contributed by atoms with van der Waals surface area (Å²) in [4.78, 5) is 35.6. The number of fused-ring (bicyclic) bond motifs is 3. The van der Waals surface area contributed by atoms with E-state index in [1.54, 1.807) is 42.5 Å². The molecule has 0 bridgehead atoms. The van der Waals surface area contributed by atoms with Crippen LogP contribution in [0.1, 0.15) is 35.3 Å². The Balaban J connectivity index is 1.91. The van der Waals surface area contributed by atoms with Crippen LogP contribution < -0.4 is 15.1 Å². The third-order valence-corrected chi connectivity index (χ3v) is 5.23. The first-order valence-electron chi connectivity index (χ1n) is 9.86. The Morgan fingerprint density at radius 2 is 1.69 bits per heavy atom. The molecule has 0 aliphatic heterocycles. The molecule has 162 valence electrons. The third-order valence-electron chi connectivity index (χ3n) is 5.23. The van der Waals surface area contributed by atoms with E-state index in [9.17, 15) is 19.5 Å². The molecule has 4 rings (SSSR count). The van der Waals surface area contributed by atoms with Crippen LogP contribution in [0.2, 0.25) is 0 Å². The Bertz CT molecular complexity index is 1430. The van der Waals surface area contributed by atoms with Crippen LogP contribution in [0.15, 0.2) is 57.7 Å².